The summed E-state index contributed by atoms with van der Waals surface area (Å²) in [6.07, 6.45) is 2.65. The van der Waals surface area contributed by atoms with E-state index < -0.39 is 0 Å². The minimum atomic E-state index is 0.841. The quantitative estimate of drug-likeness (QED) is 0.852. The fourth-order valence-corrected chi connectivity index (χ4v) is 2.29. The van der Waals surface area contributed by atoms with Gasteiger partial charge < -0.3 is 9.73 Å². The van der Waals surface area contributed by atoms with Crippen LogP contribution in [-0.4, -0.2) is 24.5 Å². The molecule has 2 heterocycles. The highest BCUT2D eigenvalue weighted by Crippen LogP contribution is 2.19. The zero-order valence-corrected chi connectivity index (χ0v) is 11.0. The molecular weight excluding hydrogens is 212 g/mol. The Labute approximate surface area is 104 Å². The van der Waals surface area contributed by atoms with Crippen LogP contribution >= 0.6 is 0 Å². The van der Waals surface area contributed by atoms with Crippen LogP contribution in [0.2, 0.25) is 0 Å². The molecule has 2 rings (SSSR count). The first kappa shape index (κ1) is 12.7. The smallest absolute Gasteiger partial charge is 0.118 e. The minimum absolute atomic E-state index is 0.841. The van der Waals surface area contributed by atoms with Crippen molar-refractivity contribution in [3.8, 4) is 0 Å². The molecule has 0 radical (unpaired) electrons. The zero-order chi connectivity index (χ0) is 12.1. The second kappa shape index (κ2) is 6.22. The molecule has 0 unspecified atom stereocenters. The Morgan fingerprint density at radius 2 is 2.00 bits per heavy atom. The van der Waals surface area contributed by atoms with E-state index in [4.69, 9.17) is 4.42 Å². The van der Waals surface area contributed by atoms with Crippen LogP contribution in [-0.2, 0) is 13.1 Å². The first-order chi connectivity index (χ1) is 8.28. The van der Waals surface area contributed by atoms with Crippen LogP contribution in [0.15, 0.2) is 16.5 Å². The van der Waals surface area contributed by atoms with Gasteiger partial charge in [0.15, 0.2) is 0 Å². The van der Waals surface area contributed by atoms with E-state index in [0.29, 0.717) is 0 Å². The Kier molecular flexibility index (Phi) is 4.63. The van der Waals surface area contributed by atoms with Crippen LogP contribution in [0.4, 0.5) is 0 Å². The summed E-state index contributed by atoms with van der Waals surface area (Å²) in [7, 11) is 0. The first-order valence-corrected chi connectivity index (χ1v) is 6.78. The van der Waals surface area contributed by atoms with Gasteiger partial charge in [-0.15, -0.1) is 0 Å². The Morgan fingerprint density at radius 1 is 1.29 bits per heavy atom. The van der Waals surface area contributed by atoms with Crippen molar-refractivity contribution in [2.75, 3.05) is 19.6 Å². The number of nitrogens with one attached hydrogen (secondary N) is 1. The lowest BCUT2D eigenvalue weighted by Gasteiger charge is -2.29. The topological polar surface area (TPSA) is 28.4 Å². The summed E-state index contributed by atoms with van der Waals surface area (Å²) >= 11 is 0. The van der Waals surface area contributed by atoms with Gasteiger partial charge in [0.25, 0.3) is 0 Å². The lowest BCUT2D eigenvalue weighted by atomic mass is 9.99. The third-order valence-corrected chi connectivity index (χ3v) is 3.52. The normalized spacial score (nSPS) is 18.7. The van der Waals surface area contributed by atoms with Gasteiger partial charge in [0.2, 0.25) is 0 Å². The Balaban J connectivity index is 1.80. The van der Waals surface area contributed by atoms with Crippen LogP contribution in [0, 0.1) is 5.92 Å². The Morgan fingerprint density at radius 3 is 2.71 bits per heavy atom. The van der Waals surface area contributed by atoms with E-state index in [1.807, 2.05) is 0 Å². The van der Waals surface area contributed by atoms with E-state index >= 15 is 0 Å². The minimum Gasteiger partial charge on any atom is -0.463 e. The monoisotopic (exact) mass is 236 g/mol. The van der Waals surface area contributed by atoms with E-state index in [9.17, 15) is 0 Å². The molecule has 0 atom stereocenters. The van der Waals surface area contributed by atoms with E-state index in [0.717, 1.165) is 37.1 Å². The highest BCUT2D eigenvalue weighted by atomic mass is 16.3. The predicted molar refractivity (Wildman–Crippen MR) is 69.8 cm³/mol. The molecule has 96 valence electrons. The van der Waals surface area contributed by atoms with Crippen molar-refractivity contribution in [1.82, 2.24) is 10.2 Å². The van der Waals surface area contributed by atoms with Gasteiger partial charge >= 0.3 is 0 Å². The van der Waals surface area contributed by atoms with Crippen molar-refractivity contribution in [2.24, 2.45) is 5.92 Å². The van der Waals surface area contributed by atoms with E-state index in [2.05, 4.69) is 36.2 Å². The molecule has 1 aromatic heterocycles. The summed E-state index contributed by atoms with van der Waals surface area (Å²) in [5.41, 5.74) is 0. The van der Waals surface area contributed by atoms with Gasteiger partial charge in [-0.25, -0.2) is 0 Å². The molecule has 1 N–H and O–H groups in total. The molecule has 3 nitrogen and oxygen atoms in total. The van der Waals surface area contributed by atoms with Crippen molar-refractivity contribution >= 4 is 0 Å². The SMILES string of the molecule is CCNCc1ccc(CN2CCC(C)CC2)o1. The molecule has 0 aliphatic carbocycles. The number of nitrogens with zero attached hydrogens (tertiary/aromatic N) is 1. The first-order valence-electron chi connectivity index (χ1n) is 6.78. The van der Waals surface area contributed by atoms with Crippen molar-refractivity contribution in [3.63, 3.8) is 0 Å². The molecule has 0 amide bonds. The lowest BCUT2D eigenvalue weighted by molar-refractivity contribution is 0.172. The average molecular weight is 236 g/mol. The predicted octanol–water partition coefficient (Wildman–Crippen LogP) is 2.62. The zero-order valence-electron chi connectivity index (χ0n) is 11.0. The molecule has 3 heteroatoms. The Hall–Kier alpha value is -0.800. The van der Waals surface area contributed by atoms with Gasteiger partial charge in [-0.2, -0.15) is 0 Å². The highest BCUT2D eigenvalue weighted by Gasteiger charge is 2.16. The molecule has 1 aliphatic heterocycles. The summed E-state index contributed by atoms with van der Waals surface area (Å²) < 4.78 is 5.81. The number of furan rings is 1. The molecule has 1 aromatic rings. The fraction of sp³-hybridized carbons (Fsp3) is 0.714. The second-order valence-electron chi connectivity index (χ2n) is 5.11. The number of likely N-dealkylation sites (tertiary alicyclic amines) is 1. The van der Waals surface area contributed by atoms with Crippen LogP contribution in [0.25, 0.3) is 0 Å². The molecule has 0 spiro atoms. The summed E-state index contributed by atoms with van der Waals surface area (Å²) in [4.78, 5) is 2.50. The number of piperidine rings is 1. The average Bonchev–Trinajstić information content (AvgIpc) is 2.77. The maximum atomic E-state index is 5.81. The van der Waals surface area contributed by atoms with Gasteiger partial charge in [-0.1, -0.05) is 13.8 Å². The number of hydrogen-bond donors (Lipinski definition) is 1. The van der Waals surface area contributed by atoms with Crippen LogP contribution < -0.4 is 5.32 Å². The summed E-state index contributed by atoms with van der Waals surface area (Å²) in [6, 6.07) is 4.20. The summed E-state index contributed by atoms with van der Waals surface area (Å²) in [6.45, 7) is 9.68. The van der Waals surface area contributed by atoms with Gasteiger partial charge in [0.1, 0.15) is 11.5 Å². The van der Waals surface area contributed by atoms with Crippen molar-refractivity contribution in [3.05, 3.63) is 23.7 Å². The van der Waals surface area contributed by atoms with Crippen molar-refractivity contribution in [2.45, 2.75) is 39.8 Å². The molecule has 1 saturated heterocycles. The summed E-state index contributed by atoms with van der Waals surface area (Å²) in [5, 5.41) is 3.28. The largest absolute Gasteiger partial charge is 0.463 e. The van der Waals surface area contributed by atoms with Crippen LogP contribution in [0.3, 0.4) is 0 Å². The molecule has 17 heavy (non-hydrogen) atoms. The van der Waals surface area contributed by atoms with E-state index in [1.165, 1.54) is 25.9 Å². The van der Waals surface area contributed by atoms with E-state index in [-0.39, 0.29) is 0 Å². The second-order valence-corrected chi connectivity index (χ2v) is 5.11. The molecule has 0 saturated carbocycles. The van der Waals surface area contributed by atoms with Crippen molar-refractivity contribution < 1.29 is 4.42 Å². The third-order valence-electron chi connectivity index (χ3n) is 3.52. The Bertz CT molecular complexity index is 327. The number of rotatable bonds is 5. The molecule has 0 aromatic carbocycles. The lowest BCUT2D eigenvalue weighted by Crippen LogP contribution is -2.32. The van der Waals surface area contributed by atoms with Crippen molar-refractivity contribution in [1.29, 1.82) is 0 Å². The van der Waals surface area contributed by atoms with Crippen LogP contribution in [0.5, 0.6) is 0 Å². The molecule has 0 bridgehead atoms. The standard InChI is InChI=1S/C14H24N2O/c1-3-15-10-13-4-5-14(17-13)11-16-8-6-12(2)7-9-16/h4-5,12,15H,3,6-11H2,1-2H3. The van der Waals surface area contributed by atoms with Gasteiger partial charge in [0, 0.05) is 0 Å². The fourth-order valence-electron chi connectivity index (χ4n) is 2.29. The number of hydrogen-bond acceptors (Lipinski definition) is 3. The molecule has 1 fully saturated rings. The summed E-state index contributed by atoms with van der Waals surface area (Å²) in [5.74, 6) is 3.05. The maximum absolute atomic E-state index is 5.81. The van der Waals surface area contributed by atoms with Crippen LogP contribution in [0.1, 0.15) is 38.2 Å². The molecular formula is C14H24N2O. The maximum Gasteiger partial charge on any atom is 0.118 e. The van der Waals surface area contributed by atoms with Gasteiger partial charge in [-0.3, -0.25) is 4.90 Å². The van der Waals surface area contributed by atoms with Gasteiger partial charge in [-0.05, 0) is 50.5 Å². The molecule has 1 aliphatic rings. The van der Waals surface area contributed by atoms with Gasteiger partial charge in [0.05, 0.1) is 13.1 Å². The third kappa shape index (κ3) is 3.86. The van der Waals surface area contributed by atoms with E-state index in [1.54, 1.807) is 0 Å². The highest BCUT2D eigenvalue weighted by molar-refractivity contribution is 5.07.